The molecule has 3 aromatic rings. The maximum absolute atomic E-state index is 14.6. The fourth-order valence-electron chi connectivity index (χ4n) is 4.13. The normalized spacial score (nSPS) is 16.7. The lowest BCUT2D eigenvalue weighted by Crippen LogP contribution is -2.28. The van der Waals surface area contributed by atoms with Crippen molar-refractivity contribution >= 4 is 17.6 Å². The van der Waals surface area contributed by atoms with Gasteiger partial charge in [0, 0.05) is 11.3 Å². The molecular weight excluding hydrogens is 451 g/mol. The number of amides is 1. The van der Waals surface area contributed by atoms with Gasteiger partial charge >= 0.3 is 12.3 Å². The summed E-state index contributed by atoms with van der Waals surface area (Å²) in [6.07, 6.45) is -2.69. The lowest BCUT2D eigenvalue weighted by atomic mass is 9.94. The Morgan fingerprint density at radius 3 is 2.35 bits per heavy atom. The van der Waals surface area contributed by atoms with Crippen molar-refractivity contribution in [2.24, 2.45) is 0 Å². The molecule has 0 bridgehead atoms. The van der Waals surface area contributed by atoms with Crippen LogP contribution in [-0.2, 0) is 10.2 Å². The molecule has 1 aliphatic heterocycles. The minimum absolute atomic E-state index is 0.0934. The Labute approximate surface area is 191 Å². The molecule has 5 rings (SSSR count). The number of aromatic carboxylic acids is 1. The van der Waals surface area contributed by atoms with Crippen molar-refractivity contribution in [2.75, 3.05) is 5.32 Å². The molecule has 2 aliphatic rings. The van der Waals surface area contributed by atoms with Gasteiger partial charge in [-0.15, -0.1) is 8.78 Å². The second kappa shape index (κ2) is 7.51. The summed E-state index contributed by atoms with van der Waals surface area (Å²) in [5, 5.41) is 11.9. The average molecular weight is 469 g/mol. The maximum Gasteiger partial charge on any atom is 0.586 e. The van der Waals surface area contributed by atoms with Crippen molar-refractivity contribution in [1.29, 1.82) is 0 Å². The first-order valence-electron chi connectivity index (χ1n) is 10.4. The largest absolute Gasteiger partial charge is 0.586 e. The molecule has 0 atom stereocenters. The molecule has 9 heteroatoms. The number of halogens is 3. The van der Waals surface area contributed by atoms with Crippen molar-refractivity contribution in [3.8, 4) is 22.6 Å². The number of carbonyl (C=O) groups excluding carboxylic acids is 1. The first-order chi connectivity index (χ1) is 16.1. The van der Waals surface area contributed by atoms with Crippen LogP contribution in [0.1, 0.15) is 34.3 Å². The number of ether oxygens (including phenoxy) is 2. The first-order valence-corrected chi connectivity index (χ1v) is 10.4. The van der Waals surface area contributed by atoms with E-state index in [0.717, 1.165) is 11.6 Å². The Kier molecular flexibility index (Phi) is 4.82. The molecular formula is C25H18F3NO5. The second-order valence-electron chi connectivity index (χ2n) is 8.39. The summed E-state index contributed by atoms with van der Waals surface area (Å²) in [7, 11) is 0. The van der Waals surface area contributed by atoms with Gasteiger partial charge in [0.15, 0.2) is 11.5 Å². The van der Waals surface area contributed by atoms with E-state index in [4.69, 9.17) is 5.11 Å². The molecule has 0 spiro atoms. The molecule has 0 saturated heterocycles. The maximum atomic E-state index is 14.6. The molecule has 1 heterocycles. The quantitative estimate of drug-likeness (QED) is 0.516. The summed E-state index contributed by atoms with van der Waals surface area (Å²) >= 11 is 0. The van der Waals surface area contributed by atoms with Crippen molar-refractivity contribution in [1.82, 2.24) is 0 Å². The zero-order chi connectivity index (χ0) is 24.3. The Morgan fingerprint density at radius 1 is 0.941 bits per heavy atom. The smallest absolute Gasteiger partial charge is 0.478 e. The predicted octanol–water partition coefficient (Wildman–Crippen LogP) is 5.49. The minimum Gasteiger partial charge on any atom is -0.478 e. The van der Waals surface area contributed by atoms with E-state index in [9.17, 15) is 22.8 Å². The monoisotopic (exact) mass is 469 g/mol. The summed E-state index contributed by atoms with van der Waals surface area (Å²) in [6.45, 7) is 1.77. The summed E-state index contributed by atoms with van der Waals surface area (Å²) in [6, 6.07) is 13.0. The van der Waals surface area contributed by atoms with Crippen LogP contribution in [0.2, 0.25) is 0 Å². The van der Waals surface area contributed by atoms with E-state index in [1.54, 1.807) is 31.2 Å². The van der Waals surface area contributed by atoms with Gasteiger partial charge in [-0.05, 0) is 72.9 Å². The molecule has 1 amide bonds. The standard InChI is InChI=1S/C25H18F3NO5/c1-13-2-5-16(12-18(13)17-6-3-14(22(30)31)10-19(17)26)29-23(32)24(8-9-24)15-4-7-20-21(11-15)34-25(27,28)33-20/h2-7,10-12H,8-9H2,1H3,(H,29,32)(H,30,31). The molecule has 1 fully saturated rings. The Hall–Kier alpha value is -4.01. The summed E-state index contributed by atoms with van der Waals surface area (Å²) in [5.74, 6) is -2.47. The van der Waals surface area contributed by atoms with Gasteiger partial charge in [0.25, 0.3) is 0 Å². The number of aryl methyl sites for hydroxylation is 1. The van der Waals surface area contributed by atoms with Crippen LogP contribution in [0, 0.1) is 12.7 Å². The van der Waals surface area contributed by atoms with Crippen LogP contribution in [0.25, 0.3) is 11.1 Å². The number of fused-ring (bicyclic) bond motifs is 1. The molecule has 0 unspecified atom stereocenters. The Morgan fingerprint density at radius 2 is 1.68 bits per heavy atom. The van der Waals surface area contributed by atoms with Crippen LogP contribution in [-0.4, -0.2) is 23.3 Å². The van der Waals surface area contributed by atoms with Gasteiger partial charge in [-0.25, -0.2) is 9.18 Å². The van der Waals surface area contributed by atoms with Gasteiger partial charge in [-0.2, -0.15) is 0 Å². The molecule has 0 radical (unpaired) electrons. The average Bonchev–Trinajstić information content (AvgIpc) is 3.52. The fourth-order valence-corrected chi connectivity index (χ4v) is 4.13. The number of benzene rings is 3. The van der Waals surface area contributed by atoms with Gasteiger partial charge in [-0.1, -0.05) is 18.2 Å². The molecule has 1 aliphatic carbocycles. The molecule has 34 heavy (non-hydrogen) atoms. The number of anilines is 1. The number of carboxylic acids is 1. The highest BCUT2D eigenvalue weighted by Crippen LogP contribution is 2.52. The van der Waals surface area contributed by atoms with E-state index in [1.165, 1.54) is 24.3 Å². The fraction of sp³-hybridized carbons (Fsp3) is 0.200. The highest BCUT2D eigenvalue weighted by molar-refractivity contribution is 6.02. The van der Waals surface area contributed by atoms with Crippen LogP contribution < -0.4 is 14.8 Å². The summed E-state index contributed by atoms with van der Waals surface area (Å²) in [4.78, 5) is 24.3. The van der Waals surface area contributed by atoms with E-state index in [0.29, 0.717) is 29.7 Å². The lowest BCUT2D eigenvalue weighted by molar-refractivity contribution is -0.286. The van der Waals surface area contributed by atoms with E-state index in [2.05, 4.69) is 14.8 Å². The number of hydrogen-bond donors (Lipinski definition) is 2. The number of rotatable bonds is 5. The zero-order valence-electron chi connectivity index (χ0n) is 17.8. The van der Waals surface area contributed by atoms with Crippen molar-refractivity contribution < 1.29 is 37.3 Å². The molecule has 0 aromatic heterocycles. The van der Waals surface area contributed by atoms with Crippen LogP contribution in [0.5, 0.6) is 11.5 Å². The van der Waals surface area contributed by atoms with Crippen molar-refractivity contribution in [3.63, 3.8) is 0 Å². The van der Waals surface area contributed by atoms with Crippen LogP contribution in [0.15, 0.2) is 54.6 Å². The van der Waals surface area contributed by atoms with E-state index in [1.807, 2.05) is 0 Å². The van der Waals surface area contributed by atoms with Crippen LogP contribution in [0.3, 0.4) is 0 Å². The topological polar surface area (TPSA) is 84.9 Å². The van der Waals surface area contributed by atoms with Gasteiger partial charge in [0.2, 0.25) is 5.91 Å². The Balaban J connectivity index is 1.41. The molecule has 1 saturated carbocycles. The van der Waals surface area contributed by atoms with Gasteiger partial charge < -0.3 is 19.9 Å². The number of nitrogens with one attached hydrogen (secondary N) is 1. The van der Waals surface area contributed by atoms with Crippen LogP contribution in [0.4, 0.5) is 18.9 Å². The van der Waals surface area contributed by atoms with Crippen molar-refractivity contribution in [3.05, 3.63) is 77.1 Å². The van der Waals surface area contributed by atoms with E-state index in [-0.39, 0.29) is 28.5 Å². The van der Waals surface area contributed by atoms with Gasteiger partial charge in [0.05, 0.1) is 11.0 Å². The highest BCUT2D eigenvalue weighted by Gasteiger charge is 2.52. The number of carboxylic acid groups (broad SMARTS) is 1. The Bertz CT molecular complexity index is 1350. The van der Waals surface area contributed by atoms with Crippen molar-refractivity contribution in [2.45, 2.75) is 31.5 Å². The minimum atomic E-state index is -3.74. The number of carbonyl (C=O) groups is 2. The van der Waals surface area contributed by atoms with E-state index < -0.39 is 23.5 Å². The summed E-state index contributed by atoms with van der Waals surface area (Å²) in [5.41, 5.74) is 1.34. The second-order valence-corrected chi connectivity index (χ2v) is 8.39. The molecule has 174 valence electrons. The van der Waals surface area contributed by atoms with Gasteiger partial charge in [-0.3, -0.25) is 4.79 Å². The molecule has 2 N–H and O–H groups in total. The molecule has 6 nitrogen and oxygen atoms in total. The third-order valence-corrected chi connectivity index (χ3v) is 6.14. The SMILES string of the molecule is Cc1ccc(NC(=O)C2(c3ccc4c(c3)OC(F)(F)O4)CC2)cc1-c1ccc(C(=O)O)cc1F. The van der Waals surface area contributed by atoms with E-state index >= 15 is 0 Å². The summed E-state index contributed by atoms with van der Waals surface area (Å²) < 4.78 is 50.2. The highest BCUT2D eigenvalue weighted by atomic mass is 19.3. The lowest BCUT2D eigenvalue weighted by Gasteiger charge is -2.17. The van der Waals surface area contributed by atoms with Gasteiger partial charge in [0.1, 0.15) is 5.82 Å². The predicted molar refractivity (Wildman–Crippen MR) is 116 cm³/mol. The number of hydrogen-bond acceptors (Lipinski definition) is 4. The first kappa shape index (κ1) is 21.8. The third-order valence-electron chi connectivity index (χ3n) is 6.14. The molecule has 3 aromatic carbocycles. The van der Waals surface area contributed by atoms with Crippen LogP contribution >= 0.6 is 0 Å². The third kappa shape index (κ3) is 3.72. The zero-order valence-corrected chi connectivity index (χ0v) is 17.8. The number of alkyl halides is 2.